The Kier molecular flexibility index (Phi) is 4.73. The van der Waals surface area contributed by atoms with Gasteiger partial charge in [0.25, 0.3) is 0 Å². The number of aliphatic carboxylic acids is 1. The zero-order valence-corrected chi connectivity index (χ0v) is 12.7. The molecular formula is C15H22F3NO3. The fraction of sp³-hybridized carbons (Fsp3) is 0.867. The van der Waals surface area contributed by atoms with Crippen molar-refractivity contribution in [3.63, 3.8) is 0 Å². The van der Waals surface area contributed by atoms with Gasteiger partial charge in [0.2, 0.25) is 5.91 Å². The van der Waals surface area contributed by atoms with Crippen LogP contribution in [0.25, 0.3) is 0 Å². The van der Waals surface area contributed by atoms with E-state index in [-0.39, 0.29) is 24.3 Å². The molecule has 2 rings (SSSR count). The van der Waals surface area contributed by atoms with E-state index in [0.29, 0.717) is 0 Å². The summed E-state index contributed by atoms with van der Waals surface area (Å²) in [6, 6.07) is 0. The summed E-state index contributed by atoms with van der Waals surface area (Å²) in [5.41, 5.74) is -0.162. The molecule has 0 bridgehead atoms. The number of nitrogens with zero attached hydrogens (tertiary/aromatic N) is 1. The monoisotopic (exact) mass is 321 g/mol. The summed E-state index contributed by atoms with van der Waals surface area (Å²) in [7, 11) is 0. The highest BCUT2D eigenvalue weighted by Gasteiger charge is 2.53. The Hall–Kier alpha value is -1.27. The minimum atomic E-state index is -4.59. The normalized spacial score (nSPS) is 28.6. The quantitative estimate of drug-likeness (QED) is 0.869. The first-order valence-electron chi connectivity index (χ1n) is 7.70. The molecule has 7 heteroatoms. The largest absolute Gasteiger partial charge is 0.481 e. The van der Waals surface area contributed by atoms with Gasteiger partial charge in [0.05, 0.1) is 11.8 Å². The van der Waals surface area contributed by atoms with Gasteiger partial charge >= 0.3 is 12.1 Å². The van der Waals surface area contributed by atoms with Gasteiger partial charge in [-0.1, -0.05) is 26.2 Å². The number of carbonyl (C=O) groups excluding carboxylic acids is 1. The number of halogens is 3. The molecule has 2 atom stereocenters. The van der Waals surface area contributed by atoms with Crippen LogP contribution in [0.3, 0.4) is 0 Å². The third-order valence-corrected chi connectivity index (χ3v) is 5.05. The van der Waals surface area contributed by atoms with Crippen molar-refractivity contribution in [2.75, 3.05) is 13.1 Å². The van der Waals surface area contributed by atoms with E-state index in [4.69, 9.17) is 5.11 Å². The lowest BCUT2D eigenvalue weighted by molar-refractivity contribution is -0.188. The maximum Gasteiger partial charge on any atom is 0.394 e. The van der Waals surface area contributed by atoms with Crippen molar-refractivity contribution >= 4 is 11.9 Å². The van der Waals surface area contributed by atoms with Crippen LogP contribution in [0.4, 0.5) is 13.2 Å². The Morgan fingerprint density at radius 2 is 1.77 bits per heavy atom. The van der Waals surface area contributed by atoms with E-state index in [1.807, 2.05) is 6.92 Å². The second kappa shape index (κ2) is 6.08. The molecule has 1 aliphatic heterocycles. The highest BCUT2D eigenvalue weighted by Crippen LogP contribution is 2.41. The fourth-order valence-electron chi connectivity index (χ4n) is 3.65. The lowest BCUT2D eigenvalue weighted by atomic mass is 9.73. The molecule has 22 heavy (non-hydrogen) atoms. The van der Waals surface area contributed by atoms with Gasteiger partial charge in [-0.25, -0.2) is 0 Å². The number of hydrogen-bond acceptors (Lipinski definition) is 2. The van der Waals surface area contributed by atoms with E-state index in [1.165, 1.54) is 0 Å². The summed E-state index contributed by atoms with van der Waals surface area (Å²) < 4.78 is 38.8. The zero-order chi connectivity index (χ0) is 16.5. The number of carbonyl (C=O) groups is 2. The second-order valence-electron chi connectivity index (χ2n) is 6.94. The lowest BCUT2D eigenvalue weighted by Crippen LogP contribution is -2.35. The number of likely N-dealkylation sites (tertiary alicyclic amines) is 1. The molecular weight excluding hydrogens is 299 g/mol. The van der Waals surface area contributed by atoms with Crippen molar-refractivity contribution in [3.8, 4) is 0 Å². The Bertz CT molecular complexity index is 444. The van der Waals surface area contributed by atoms with Gasteiger partial charge in [-0.05, 0) is 18.3 Å². The Morgan fingerprint density at radius 1 is 1.18 bits per heavy atom. The van der Waals surface area contributed by atoms with Crippen LogP contribution < -0.4 is 0 Å². The van der Waals surface area contributed by atoms with Crippen LogP contribution in [-0.2, 0) is 9.59 Å². The SMILES string of the molecule is CC1(CC(=O)N2C[C@@H](C(F)(F)F)[C@H](C(=O)O)C2)CCCCC1. The predicted molar refractivity (Wildman–Crippen MR) is 73.1 cm³/mol. The van der Waals surface area contributed by atoms with Crippen molar-refractivity contribution in [1.82, 2.24) is 4.90 Å². The first kappa shape index (κ1) is 17.1. The standard InChI is InChI=1S/C15H22F3NO3/c1-14(5-3-2-4-6-14)7-12(20)19-8-10(13(21)22)11(9-19)15(16,17)18/h10-11H,2-9H2,1H3,(H,21,22)/t10-,11-/m1/s1. The van der Waals surface area contributed by atoms with Gasteiger partial charge in [-0.15, -0.1) is 0 Å². The summed E-state index contributed by atoms with van der Waals surface area (Å²) in [5.74, 6) is -5.35. The summed E-state index contributed by atoms with van der Waals surface area (Å²) in [6.07, 6.45) is 0.621. The van der Waals surface area contributed by atoms with E-state index in [0.717, 1.165) is 37.0 Å². The number of carboxylic acids is 1. The van der Waals surface area contributed by atoms with Gasteiger partial charge in [-0.2, -0.15) is 13.2 Å². The Labute approximate surface area is 127 Å². The second-order valence-corrected chi connectivity index (χ2v) is 6.94. The smallest absolute Gasteiger partial charge is 0.394 e. The summed E-state index contributed by atoms with van der Waals surface area (Å²) in [6.45, 7) is 1.12. The van der Waals surface area contributed by atoms with Crippen LogP contribution in [-0.4, -0.2) is 41.1 Å². The van der Waals surface area contributed by atoms with Gasteiger partial charge in [-0.3, -0.25) is 9.59 Å². The molecule has 0 unspecified atom stereocenters. The molecule has 2 fully saturated rings. The van der Waals surface area contributed by atoms with E-state index >= 15 is 0 Å². The molecule has 2 aliphatic rings. The van der Waals surface area contributed by atoms with Crippen molar-refractivity contribution < 1.29 is 27.9 Å². The molecule has 0 spiro atoms. The van der Waals surface area contributed by atoms with Crippen molar-refractivity contribution in [2.45, 2.75) is 51.6 Å². The third-order valence-electron chi connectivity index (χ3n) is 5.05. The van der Waals surface area contributed by atoms with Crippen LogP contribution >= 0.6 is 0 Å². The highest BCUT2D eigenvalue weighted by atomic mass is 19.4. The minimum absolute atomic E-state index is 0.162. The Morgan fingerprint density at radius 3 is 2.23 bits per heavy atom. The number of alkyl halides is 3. The van der Waals surface area contributed by atoms with Crippen LogP contribution in [0.1, 0.15) is 45.4 Å². The van der Waals surface area contributed by atoms with Crippen LogP contribution in [0, 0.1) is 17.3 Å². The number of carboxylic acid groups (broad SMARTS) is 1. The molecule has 4 nitrogen and oxygen atoms in total. The number of hydrogen-bond donors (Lipinski definition) is 1. The molecule has 0 aromatic heterocycles. The van der Waals surface area contributed by atoms with Crippen LogP contribution in [0.5, 0.6) is 0 Å². The summed E-state index contributed by atoms with van der Waals surface area (Å²) in [4.78, 5) is 24.5. The molecule has 1 saturated carbocycles. The molecule has 0 aromatic rings. The molecule has 1 aliphatic carbocycles. The molecule has 0 radical (unpaired) electrons. The average Bonchev–Trinajstić information content (AvgIpc) is 2.84. The highest BCUT2D eigenvalue weighted by molar-refractivity contribution is 5.79. The number of amides is 1. The van der Waals surface area contributed by atoms with Crippen molar-refractivity contribution in [3.05, 3.63) is 0 Å². The topological polar surface area (TPSA) is 57.6 Å². The van der Waals surface area contributed by atoms with E-state index in [9.17, 15) is 22.8 Å². The summed E-state index contributed by atoms with van der Waals surface area (Å²) in [5, 5.41) is 8.98. The molecule has 1 saturated heterocycles. The molecule has 1 N–H and O–H groups in total. The number of rotatable bonds is 3. The summed E-state index contributed by atoms with van der Waals surface area (Å²) >= 11 is 0. The third kappa shape index (κ3) is 3.73. The van der Waals surface area contributed by atoms with Gasteiger partial charge in [0, 0.05) is 19.5 Å². The first-order chi connectivity index (χ1) is 10.1. The van der Waals surface area contributed by atoms with Crippen molar-refractivity contribution in [2.24, 2.45) is 17.3 Å². The first-order valence-corrected chi connectivity index (χ1v) is 7.70. The van der Waals surface area contributed by atoms with Gasteiger partial charge < -0.3 is 10.0 Å². The van der Waals surface area contributed by atoms with E-state index in [1.54, 1.807) is 0 Å². The predicted octanol–water partition coefficient (Wildman–Crippen LogP) is 3.07. The molecule has 1 heterocycles. The lowest BCUT2D eigenvalue weighted by Gasteiger charge is -2.34. The molecule has 126 valence electrons. The van der Waals surface area contributed by atoms with Gasteiger partial charge in [0.15, 0.2) is 0 Å². The zero-order valence-electron chi connectivity index (χ0n) is 12.7. The molecule has 1 amide bonds. The fourth-order valence-corrected chi connectivity index (χ4v) is 3.65. The van der Waals surface area contributed by atoms with E-state index in [2.05, 4.69) is 0 Å². The van der Waals surface area contributed by atoms with E-state index < -0.39 is 30.5 Å². The van der Waals surface area contributed by atoms with Crippen molar-refractivity contribution in [1.29, 1.82) is 0 Å². The van der Waals surface area contributed by atoms with Gasteiger partial charge in [0.1, 0.15) is 0 Å². The van der Waals surface area contributed by atoms with Crippen LogP contribution in [0.15, 0.2) is 0 Å². The minimum Gasteiger partial charge on any atom is -0.481 e. The maximum absolute atomic E-state index is 12.9. The maximum atomic E-state index is 12.9. The Balaban J connectivity index is 2.03. The average molecular weight is 321 g/mol. The molecule has 0 aromatic carbocycles. The van der Waals surface area contributed by atoms with Crippen LogP contribution in [0.2, 0.25) is 0 Å².